The summed E-state index contributed by atoms with van der Waals surface area (Å²) in [5.41, 5.74) is 0.442. The highest BCUT2D eigenvalue weighted by molar-refractivity contribution is 7.92. The van der Waals surface area contributed by atoms with Gasteiger partial charge in [-0.25, -0.2) is 46.5 Å². The molecule has 216 valence electrons. The van der Waals surface area contributed by atoms with Gasteiger partial charge in [-0.05, 0) is 50.1 Å². The van der Waals surface area contributed by atoms with Gasteiger partial charge in [-0.3, -0.25) is 4.72 Å². The Morgan fingerprint density at radius 3 is 2.45 bits per heavy atom. The van der Waals surface area contributed by atoms with E-state index in [2.05, 4.69) is 24.9 Å². The SMILES string of the molecule is Cc1ncc(-c2nc(-c3cccc(NS(=O)(=O)c4c(F)ccc(C)c4F)c3F)c(-c3ccnc(CCCO)n3)s2)cn1. The van der Waals surface area contributed by atoms with E-state index in [1.54, 1.807) is 31.6 Å². The first-order chi connectivity index (χ1) is 20.1. The Kier molecular flexibility index (Phi) is 8.29. The predicted molar refractivity (Wildman–Crippen MR) is 152 cm³/mol. The molecule has 5 rings (SSSR count). The quantitative estimate of drug-likeness (QED) is 0.224. The summed E-state index contributed by atoms with van der Waals surface area (Å²) in [6.07, 6.45) is 5.55. The third kappa shape index (κ3) is 5.86. The van der Waals surface area contributed by atoms with Gasteiger partial charge in [0.15, 0.2) is 10.7 Å². The van der Waals surface area contributed by atoms with Gasteiger partial charge in [-0.15, -0.1) is 11.3 Å². The second-order valence-corrected chi connectivity index (χ2v) is 11.8. The third-order valence-electron chi connectivity index (χ3n) is 6.16. The van der Waals surface area contributed by atoms with Crippen LogP contribution in [0.25, 0.3) is 32.4 Å². The Morgan fingerprint density at radius 1 is 0.952 bits per heavy atom. The highest BCUT2D eigenvalue weighted by atomic mass is 32.2. The maximum Gasteiger partial charge on any atom is 0.267 e. The summed E-state index contributed by atoms with van der Waals surface area (Å²) < 4.78 is 73.1. The summed E-state index contributed by atoms with van der Waals surface area (Å²) in [7, 11) is -4.85. The van der Waals surface area contributed by atoms with Crippen molar-refractivity contribution in [2.75, 3.05) is 11.3 Å². The number of rotatable bonds is 9. The fraction of sp³-hybridized carbons (Fsp3) is 0.179. The van der Waals surface area contributed by atoms with Crippen LogP contribution < -0.4 is 4.72 Å². The average molecular weight is 613 g/mol. The summed E-state index contributed by atoms with van der Waals surface area (Å²) in [5.74, 6) is -2.58. The molecular formula is C28H23F3N6O3S2. The molecule has 5 aromatic rings. The van der Waals surface area contributed by atoms with Gasteiger partial charge in [-0.2, -0.15) is 0 Å². The summed E-state index contributed by atoms with van der Waals surface area (Å²) in [4.78, 5) is 21.1. The molecule has 0 saturated carbocycles. The fourth-order valence-electron chi connectivity index (χ4n) is 4.05. The monoisotopic (exact) mass is 612 g/mol. The van der Waals surface area contributed by atoms with E-state index >= 15 is 4.39 Å². The summed E-state index contributed by atoms with van der Waals surface area (Å²) in [6.45, 7) is 2.98. The van der Waals surface area contributed by atoms with Gasteiger partial charge in [-0.1, -0.05) is 12.1 Å². The van der Waals surface area contributed by atoms with E-state index < -0.39 is 38.1 Å². The molecule has 2 N–H and O–H groups in total. The zero-order chi connectivity index (χ0) is 30.0. The van der Waals surface area contributed by atoms with E-state index in [0.717, 1.165) is 18.2 Å². The number of aliphatic hydroxyl groups excluding tert-OH is 1. The van der Waals surface area contributed by atoms with Crippen LogP contribution in [0.1, 0.15) is 23.6 Å². The third-order valence-corrected chi connectivity index (χ3v) is 8.69. The van der Waals surface area contributed by atoms with E-state index in [1.165, 1.54) is 30.4 Å². The zero-order valence-corrected chi connectivity index (χ0v) is 23.9. The molecule has 0 amide bonds. The fourth-order valence-corrected chi connectivity index (χ4v) is 6.35. The molecule has 0 spiro atoms. The molecule has 0 saturated heterocycles. The van der Waals surface area contributed by atoms with Crippen molar-refractivity contribution in [2.45, 2.75) is 31.6 Å². The van der Waals surface area contributed by atoms with Crippen LogP contribution in [0.4, 0.5) is 18.9 Å². The van der Waals surface area contributed by atoms with E-state index in [0.29, 0.717) is 45.6 Å². The van der Waals surface area contributed by atoms with Crippen molar-refractivity contribution in [1.29, 1.82) is 0 Å². The highest BCUT2D eigenvalue weighted by Crippen LogP contribution is 2.41. The van der Waals surface area contributed by atoms with Gasteiger partial charge in [0.25, 0.3) is 10.0 Å². The second-order valence-electron chi connectivity index (χ2n) is 9.18. The lowest BCUT2D eigenvalue weighted by Gasteiger charge is -2.13. The zero-order valence-electron chi connectivity index (χ0n) is 22.3. The van der Waals surface area contributed by atoms with Crippen LogP contribution in [0.15, 0.2) is 59.9 Å². The smallest absolute Gasteiger partial charge is 0.267 e. The number of benzene rings is 2. The molecule has 0 unspecified atom stereocenters. The first-order valence-electron chi connectivity index (χ1n) is 12.6. The van der Waals surface area contributed by atoms with Crippen molar-refractivity contribution in [1.82, 2.24) is 24.9 Å². The normalized spacial score (nSPS) is 11.6. The minimum Gasteiger partial charge on any atom is -0.396 e. The van der Waals surface area contributed by atoms with Crippen molar-refractivity contribution in [2.24, 2.45) is 0 Å². The number of aromatic nitrogens is 5. The standard InChI is InChI=1S/C28H23F3N6O3S2/c1-15-8-9-19(29)27(23(15)30)42(39,40)37-20-6-3-5-18(24(20)31)25-26(21-10-11-32-22(35-21)7-4-12-38)41-28(36-25)17-13-33-16(2)34-14-17/h3,5-6,8-11,13-14,37-38H,4,7,12H2,1-2H3. The minimum atomic E-state index is -4.85. The molecule has 3 aromatic heterocycles. The molecule has 9 nitrogen and oxygen atoms in total. The van der Waals surface area contributed by atoms with Crippen LogP contribution in [0.5, 0.6) is 0 Å². The molecule has 0 atom stereocenters. The van der Waals surface area contributed by atoms with E-state index in [1.807, 2.05) is 4.72 Å². The number of sulfonamides is 1. The number of hydrogen-bond acceptors (Lipinski definition) is 9. The lowest BCUT2D eigenvalue weighted by molar-refractivity contribution is 0.287. The Morgan fingerprint density at radius 2 is 1.71 bits per heavy atom. The molecule has 2 aromatic carbocycles. The minimum absolute atomic E-state index is 0.0404. The Hall–Kier alpha value is -4.27. The van der Waals surface area contributed by atoms with Crippen molar-refractivity contribution >= 4 is 27.0 Å². The maximum atomic E-state index is 16.1. The lowest BCUT2D eigenvalue weighted by Crippen LogP contribution is -2.18. The van der Waals surface area contributed by atoms with Crippen LogP contribution in [0.3, 0.4) is 0 Å². The molecule has 0 fully saturated rings. The largest absolute Gasteiger partial charge is 0.396 e. The topological polar surface area (TPSA) is 131 Å². The van der Waals surface area contributed by atoms with E-state index in [-0.39, 0.29) is 23.4 Å². The Bertz CT molecular complexity index is 1880. The first kappa shape index (κ1) is 29.2. The average Bonchev–Trinajstić information content (AvgIpc) is 3.41. The molecule has 0 aliphatic rings. The number of halogens is 3. The maximum absolute atomic E-state index is 16.1. The number of aliphatic hydroxyl groups is 1. The number of anilines is 1. The molecule has 0 aliphatic carbocycles. The van der Waals surface area contributed by atoms with E-state index in [4.69, 9.17) is 0 Å². The summed E-state index contributed by atoms with van der Waals surface area (Å²) in [5, 5.41) is 9.65. The first-order valence-corrected chi connectivity index (χ1v) is 14.9. The summed E-state index contributed by atoms with van der Waals surface area (Å²) >= 11 is 1.19. The second kappa shape index (κ2) is 11.9. The van der Waals surface area contributed by atoms with Crippen LogP contribution in [-0.2, 0) is 16.4 Å². The van der Waals surface area contributed by atoms with Gasteiger partial charge < -0.3 is 5.11 Å². The lowest BCUT2D eigenvalue weighted by atomic mass is 10.1. The molecule has 0 radical (unpaired) electrons. The Balaban J connectivity index is 1.63. The van der Waals surface area contributed by atoms with Crippen molar-refractivity contribution in [3.63, 3.8) is 0 Å². The van der Waals surface area contributed by atoms with Crippen LogP contribution in [0, 0.1) is 31.3 Å². The number of nitrogens with zero attached hydrogens (tertiary/aromatic N) is 5. The number of thiazole rings is 1. The Labute approximate surface area is 243 Å². The molecule has 0 bridgehead atoms. The van der Waals surface area contributed by atoms with Gasteiger partial charge in [0.05, 0.1) is 22.0 Å². The van der Waals surface area contributed by atoms with Crippen LogP contribution in [-0.4, -0.2) is 45.1 Å². The number of hydrogen-bond donors (Lipinski definition) is 2. The molecule has 42 heavy (non-hydrogen) atoms. The van der Waals surface area contributed by atoms with Gasteiger partial charge >= 0.3 is 0 Å². The van der Waals surface area contributed by atoms with Crippen molar-refractivity contribution < 1.29 is 26.7 Å². The van der Waals surface area contributed by atoms with Crippen molar-refractivity contribution in [3.8, 4) is 32.4 Å². The van der Waals surface area contributed by atoms with Crippen LogP contribution in [0.2, 0.25) is 0 Å². The summed E-state index contributed by atoms with van der Waals surface area (Å²) in [6, 6.07) is 7.50. The molecule has 3 heterocycles. The highest BCUT2D eigenvalue weighted by Gasteiger charge is 2.28. The number of aryl methyl sites for hydroxylation is 3. The molecular weight excluding hydrogens is 589 g/mol. The predicted octanol–water partition coefficient (Wildman–Crippen LogP) is 5.48. The molecule has 0 aliphatic heterocycles. The van der Waals surface area contributed by atoms with Crippen molar-refractivity contribution in [3.05, 3.63) is 89.7 Å². The molecule has 14 heteroatoms. The van der Waals surface area contributed by atoms with Gasteiger partial charge in [0, 0.05) is 42.7 Å². The van der Waals surface area contributed by atoms with Gasteiger partial charge in [0.1, 0.15) is 28.3 Å². The van der Waals surface area contributed by atoms with E-state index in [9.17, 15) is 22.3 Å². The van der Waals surface area contributed by atoms with Crippen LogP contribution >= 0.6 is 11.3 Å². The van der Waals surface area contributed by atoms with Gasteiger partial charge in [0.2, 0.25) is 0 Å². The number of nitrogens with one attached hydrogen (secondary N) is 1.